The van der Waals surface area contributed by atoms with Gasteiger partial charge in [-0.3, -0.25) is 4.79 Å². The van der Waals surface area contributed by atoms with Gasteiger partial charge in [-0.15, -0.1) is 0 Å². The van der Waals surface area contributed by atoms with Crippen LogP contribution in [0, 0.1) is 5.92 Å². The first-order chi connectivity index (χ1) is 7.99. The molecule has 0 aliphatic rings. The van der Waals surface area contributed by atoms with E-state index in [-0.39, 0.29) is 11.9 Å². The number of carbonyl (C=O) groups excluding carboxylic acids is 1. The van der Waals surface area contributed by atoms with E-state index in [9.17, 15) is 4.79 Å². The van der Waals surface area contributed by atoms with Crippen LogP contribution in [0.3, 0.4) is 0 Å². The molecule has 0 fully saturated rings. The third kappa shape index (κ3) is 4.95. The Balaban J connectivity index is 2.46. The molecule has 0 aromatic carbocycles. The predicted molar refractivity (Wildman–Crippen MR) is 65.0 cm³/mol. The molecule has 1 heterocycles. The highest BCUT2D eigenvalue weighted by Crippen LogP contribution is 2.01. The zero-order chi connectivity index (χ0) is 12.8. The number of nitrogens with one attached hydrogen (secondary N) is 1. The van der Waals surface area contributed by atoms with Crippen molar-refractivity contribution in [3.8, 4) is 0 Å². The minimum Gasteiger partial charge on any atom is -0.370 e. The van der Waals surface area contributed by atoms with Crippen LogP contribution in [-0.2, 0) is 17.9 Å². The lowest BCUT2D eigenvalue weighted by Gasteiger charge is -2.13. The lowest BCUT2D eigenvalue weighted by Crippen LogP contribution is -2.31. The fourth-order valence-corrected chi connectivity index (χ4v) is 1.56. The third-order valence-electron chi connectivity index (χ3n) is 2.35. The largest absolute Gasteiger partial charge is 0.370 e. The molecule has 0 aliphatic carbocycles. The monoisotopic (exact) mass is 239 g/mol. The molecule has 1 aromatic heterocycles. The Kier molecular flexibility index (Phi) is 5.09. The van der Waals surface area contributed by atoms with Gasteiger partial charge < -0.3 is 11.1 Å². The van der Waals surface area contributed by atoms with E-state index in [1.165, 1.54) is 0 Å². The fourth-order valence-electron chi connectivity index (χ4n) is 1.56. The lowest BCUT2D eigenvalue weighted by atomic mass is 10.2. The van der Waals surface area contributed by atoms with Gasteiger partial charge in [0.05, 0.1) is 6.54 Å². The first kappa shape index (κ1) is 13.6. The van der Waals surface area contributed by atoms with Crippen LogP contribution in [0.1, 0.15) is 33.0 Å². The number of nitrogens with two attached hydrogens (primary N) is 1. The summed E-state index contributed by atoms with van der Waals surface area (Å²) in [6, 6.07) is 0.0525. The maximum absolute atomic E-state index is 10.7. The van der Waals surface area contributed by atoms with Gasteiger partial charge in [-0.2, -0.15) is 5.10 Å². The molecule has 0 saturated carbocycles. The average molecular weight is 239 g/mol. The lowest BCUT2D eigenvalue weighted by molar-refractivity contribution is -0.118. The Hall–Kier alpha value is -1.43. The van der Waals surface area contributed by atoms with Crippen molar-refractivity contribution < 1.29 is 4.79 Å². The second-order valence-electron chi connectivity index (χ2n) is 4.70. The van der Waals surface area contributed by atoms with E-state index in [0.29, 0.717) is 18.9 Å². The Labute approximate surface area is 102 Å². The van der Waals surface area contributed by atoms with Gasteiger partial charge >= 0.3 is 0 Å². The Morgan fingerprint density at radius 3 is 2.82 bits per heavy atom. The number of amides is 1. The summed E-state index contributed by atoms with van der Waals surface area (Å²) in [6.45, 7) is 7.64. The molecule has 1 unspecified atom stereocenters. The molecule has 1 atom stereocenters. The molecule has 3 N–H and O–H groups in total. The fraction of sp³-hybridized carbons (Fsp3) is 0.727. The number of primary amides is 1. The smallest absolute Gasteiger partial charge is 0.218 e. The molecule has 1 rings (SSSR count). The van der Waals surface area contributed by atoms with Crippen LogP contribution < -0.4 is 11.1 Å². The van der Waals surface area contributed by atoms with Crippen molar-refractivity contribution in [2.45, 2.75) is 46.3 Å². The molecule has 1 aromatic rings. The van der Waals surface area contributed by atoms with E-state index in [1.807, 2.05) is 11.6 Å². The summed E-state index contributed by atoms with van der Waals surface area (Å²) in [5, 5.41) is 7.37. The molecule has 0 radical (unpaired) electrons. The van der Waals surface area contributed by atoms with Crippen molar-refractivity contribution in [1.29, 1.82) is 0 Å². The van der Waals surface area contributed by atoms with Crippen LogP contribution in [0.25, 0.3) is 0 Å². The summed E-state index contributed by atoms with van der Waals surface area (Å²) in [5.41, 5.74) is 5.13. The van der Waals surface area contributed by atoms with E-state index < -0.39 is 0 Å². The maximum atomic E-state index is 10.7. The number of rotatable bonds is 7. The van der Waals surface area contributed by atoms with Crippen LogP contribution in [0.15, 0.2) is 6.33 Å². The highest BCUT2D eigenvalue weighted by molar-refractivity contribution is 5.74. The zero-order valence-electron chi connectivity index (χ0n) is 10.7. The molecule has 0 bridgehead atoms. The minimum atomic E-state index is -0.298. The topological polar surface area (TPSA) is 85.8 Å². The normalized spacial score (nSPS) is 12.9. The standard InChI is InChI=1S/C11H21N5O/c1-8(2)6-16-11(14-7-15-16)5-13-9(3)4-10(12)17/h7-9,13H,4-6H2,1-3H3,(H2,12,17). The van der Waals surface area contributed by atoms with E-state index in [0.717, 1.165) is 12.4 Å². The number of hydrogen-bond donors (Lipinski definition) is 2. The molecule has 1 amide bonds. The van der Waals surface area contributed by atoms with Crippen molar-refractivity contribution in [3.05, 3.63) is 12.2 Å². The van der Waals surface area contributed by atoms with Gasteiger partial charge in [0.15, 0.2) is 0 Å². The summed E-state index contributed by atoms with van der Waals surface area (Å²) >= 11 is 0. The summed E-state index contributed by atoms with van der Waals surface area (Å²) < 4.78 is 1.88. The van der Waals surface area contributed by atoms with Crippen LogP contribution >= 0.6 is 0 Å². The van der Waals surface area contributed by atoms with Crippen LogP contribution in [0.5, 0.6) is 0 Å². The van der Waals surface area contributed by atoms with E-state index in [2.05, 4.69) is 29.2 Å². The predicted octanol–water partition coefficient (Wildman–Crippen LogP) is 0.288. The van der Waals surface area contributed by atoms with E-state index in [4.69, 9.17) is 5.73 Å². The van der Waals surface area contributed by atoms with E-state index >= 15 is 0 Å². The van der Waals surface area contributed by atoms with Crippen molar-refractivity contribution in [2.24, 2.45) is 11.7 Å². The summed E-state index contributed by atoms with van der Waals surface area (Å²) in [5.74, 6) is 1.11. The summed E-state index contributed by atoms with van der Waals surface area (Å²) in [4.78, 5) is 14.9. The summed E-state index contributed by atoms with van der Waals surface area (Å²) in [6.07, 6.45) is 1.89. The van der Waals surface area contributed by atoms with Gasteiger partial charge in [-0.05, 0) is 12.8 Å². The quantitative estimate of drug-likeness (QED) is 0.716. The van der Waals surface area contributed by atoms with Crippen LogP contribution in [-0.4, -0.2) is 26.7 Å². The second-order valence-corrected chi connectivity index (χ2v) is 4.70. The van der Waals surface area contributed by atoms with Crippen molar-refractivity contribution in [1.82, 2.24) is 20.1 Å². The van der Waals surface area contributed by atoms with Gasteiger partial charge in [0.2, 0.25) is 5.91 Å². The SMILES string of the molecule is CC(C)Cn1ncnc1CNC(C)CC(N)=O. The minimum absolute atomic E-state index is 0.0525. The first-order valence-electron chi connectivity index (χ1n) is 5.87. The molecule has 17 heavy (non-hydrogen) atoms. The van der Waals surface area contributed by atoms with Gasteiger partial charge in [-0.25, -0.2) is 9.67 Å². The highest BCUT2D eigenvalue weighted by Gasteiger charge is 2.09. The van der Waals surface area contributed by atoms with Crippen molar-refractivity contribution in [3.63, 3.8) is 0 Å². The third-order valence-corrected chi connectivity index (χ3v) is 2.35. The van der Waals surface area contributed by atoms with Crippen LogP contribution in [0.4, 0.5) is 0 Å². The van der Waals surface area contributed by atoms with Crippen molar-refractivity contribution in [2.75, 3.05) is 0 Å². The van der Waals surface area contributed by atoms with Gasteiger partial charge in [-0.1, -0.05) is 13.8 Å². The molecular formula is C11H21N5O. The number of hydrogen-bond acceptors (Lipinski definition) is 4. The Morgan fingerprint density at radius 1 is 1.53 bits per heavy atom. The Morgan fingerprint density at radius 2 is 2.24 bits per heavy atom. The van der Waals surface area contributed by atoms with Gasteiger partial charge in [0, 0.05) is 19.0 Å². The van der Waals surface area contributed by atoms with Gasteiger partial charge in [0.1, 0.15) is 12.2 Å². The number of aromatic nitrogens is 3. The van der Waals surface area contributed by atoms with Crippen molar-refractivity contribution >= 4 is 5.91 Å². The Bertz CT molecular complexity index is 360. The molecule has 96 valence electrons. The zero-order valence-corrected chi connectivity index (χ0v) is 10.7. The highest BCUT2D eigenvalue weighted by atomic mass is 16.1. The summed E-state index contributed by atoms with van der Waals surface area (Å²) in [7, 11) is 0. The molecule has 0 saturated heterocycles. The second kappa shape index (κ2) is 6.34. The molecule has 0 aliphatic heterocycles. The molecule has 6 nitrogen and oxygen atoms in total. The number of nitrogens with zero attached hydrogens (tertiary/aromatic N) is 3. The van der Waals surface area contributed by atoms with E-state index in [1.54, 1.807) is 6.33 Å². The molecule has 0 spiro atoms. The van der Waals surface area contributed by atoms with Crippen LogP contribution in [0.2, 0.25) is 0 Å². The molecular weight excluding hydrogens is 218 g/mol. The maximum Gasteiger partial charge on any atom is 0.218 e. The molecule has 6 heteroatoms. The first-order valence-corrected chi connectivity index (χ1v) is 5.87. The van der Waals surface area contributed by atoms with Gasteiger partial charge in [0.25, 0.3) is 0 Å². The number of carbonyl (C=O) groups is 1. The average Bonchev–Trinajstić information content (AvgIpc) is 2.60.